The number of alkyl halides is 2. The SMILES string of the molecule is CCCCCCC[C@H](C)C(NC(=O)[C@@H]1CCCN1C(=O)CNC(=O)OCC(F)(F)COc1cccc(-c2nc3ccccc3[nH]c2=O)c1)C(=O)NS(=O)(=O)C1CC1. The summed E-state index contributed by atoms with van der Waals surface area (Å²) >= 11 is 0. The zero-order chi connectivity index (χ0) is 41.2. The van der Waals surface area contributed by atoms with E-state index in [0.29, 0.717) is 42.3 Å². The number of ether oxygens (including phenoxy) is 2. The number of benzene rings is 2. The molecule has 1 aliphatic heterocycles. The van der Waals surface area contributed by atoms with Crippen molar-refractivity contribution in [3.63, 3.8) is 0 Å². The third-order valence-corrected chi connectivity index (χ3v) is 11.8. The van der Waals surface area contributed by atoms with Crippen LogP contribution in [0.2, 0.25) is 0 Å². The van der Waals surface area contributed by atoms with Crippen LogP contribution >= 0.6 is 0 Å². The lowest BCUT2D eigenvalue weighted by Gasteiger charge is -2.29. The minimum Gasteiger partial charge on any atom is -0.487 e. The van der Waals surface area contributed by atoms with Crippen LogP contribution in [0.4, 0.5) is 13.6 Å². The minimum atomic E-state index is -3.87. The molecule has 1 unspecified atom stereocenters. The predicted octanol–water partition coefficient (Wildman–Crippen LogP) is 4.41. The molecule has 2 heterocycles. The smallest absolute Gasteiger partial charge is 0.407 e. The number of carbonyl (C=O) groups is 4. The van der Waals surface area contributed by atoms with Gasteiger partial charge in [-0.25, -0.2) is 18.2 Å². The lowest BCUT2D eigenvalue weighted by Crippen LogP contribution is -2.56. The second-order valence-electron chi connectivity index (χ2n) is 14.7. The number of halogens is 2. The van der Waals surface area contributed by atoms with E-state index in [0.717, 1.165) is 32.1 Å². The average Bonchev–Trinajstić information content (AvgIpc) is 3.94. The summed E-state index contributed by atoms with van der Waals surface area (Å²) < 4.78 is 66.6. The number of alkyl carbamates (subject to hydrolysis) is 1. The molecule has 1 saturated carbocycles. The van der Waals surface area contributed by atoms with Gasteiger partial charge in [-0.1, -0.05) is 70.2 Å². The predicted molar refractivity (Wildman–Crippen MR) is 207 cm³/mol. The van der Waals surface area contributed by atoms with E-state index >= 15 is 0 Å². The van der Waals surface area contributed by atoms with Crippen molar-refractivity contribution in [1.29, 1.82) is 0 Å². The van der Waals surface area contributed by atoms with Crippen molar-refractivity contribution in [3.05, 3.63) is 58.9 Å². The fourth-order valence-corrected chi connectivity index (χ4v) is 7.95. The highest BCUT2D eigenvalue weighted by molar-refractivity contribution is 7.90. The molecule has 1 aliphatic carbocycles. The average molecular weight is 817 g/mol. The summed E-state index contributed by atoms with van der Waals surface area (Å²) in [7, 11) is -3.87. The Kier molecular flexibility index (Phi) is 14.6. The van der Waals surface area contributed by atoms with E-state index < -0.39 is 88.3 Å². The molecule has 2 aromatic carbocycles. The number of hydrogen-bond donors (Lipinski definition) is 4. The number of para-hydroxylation sites is 2. The van der Waals surface area contributed by atoms with Crippen LogP contribution in [0, 0.1) is 5.92 Å². The highest BCUT2D eigenvalue weighted by Crippen LogP contribution is 2.28. The van der Waals surface area contributed by atoms with Crippen LogP contribution < -0.4 is 25.7 Å². The fraction of sp³-hybridized carbons (Fsp3) is 0.538. The number of aromatic nitrogens is 2. The number of H-pyrrole nitrogens is 1. The molecule has 0 radical (unpaired) electrons. The van der Waals surface area contributed by atoms with Gasteiger partial charge in [0.15, 0.2) is 13.2 Å². The first-order chi connectivity index (χ1) is 27.2. The van der Waals surface area contributed by atoms with E-state index in [-0.39, 0.29) is 24.4 Å². The third kappa shape index (κ3) is 12.2. The van der Waals surface area contributed by atoms with Crippen LogP contribution in [0.3, 0.4) is 0 Å². The molecule has 2 aliphatic rings. The number of rotatable bonds is 20. The molecular weight excluding hydrogens is 767 g/mol. The monoisotopic (exact) mass is 816 g/mol. The Morgan fingerprint density at radius 2 is 1.77 bits per heavy atom. The first-order valence-electron chi connectivity index (χ1n) is 19.3. The first kappa shape index (κ1) is 43.0. The number of nitrogens with zero attached hydrogens (tertiary/aromatic N) is 2. The van der Waals surface area contributed by atoms with Gasteiger partial charge in [0.05, 0.1) is 16.3 Å². The number of amides is 4. The Bertz CT molecular complexity index is 2080. The Labute approximate surface area is 329 Å². The second kappa shape index (κ2) is 19.3. The van der Waals surface area contributed by atoms with E-state index in [2.05, 4.69) is 37.0 Å². The van der Waals surface area contributed by atoms with Gasteiger partial charge in [0, 0.05) is 12.1 Å². The van der Waals surface area contributed by atoms with Crippen LogP contribution in [-0.2, 0) is 29.1 Å². The van der Waals surface area contributed by atoms with Gasteiger partial charge < -0.3 is 30.0 Å². The molecular formula is C39H50F2N6O9S. The third-order valence-electron chi connectivity index (χ3n) is 9.95. The van der Waals surface area contributed by atoms with Crippen LogP contribution in [0.1, 0.15) is 78.1 Å². The molecule has 5 rings (SSSR count). The summed E-state index contributed by atoms with van der Waals surface area (Å²) in [4.78, 5) is 73.2. The zero-order valence-electron chi connectivity index (χ0n) is 32.1. The summed E-state index contributed by atoms with van der Waals surface area (Å²) in [6.07, 6.45) is 5.74. The summed E-state index contributed by atoms with van der Waals surface area (Å²) in [5.74, 6) is -6.17. The maximum Gasteiger partial charge on any atom is 0.407 e. The van der Waals surface area contributed by atoms with Gasteiger partial charge in [-0.15, -0.1) is 0 Å². The normalized spacial score (nSPS) is 16.8. The van der Waals surface area contributed by atoms with Gasteiger partial charge in [-0.2, -0.15) is 8.78 Å². The molecule has 18 heteroatoms. The van der Waals surface area contributed by atoms with Gasteiger partial charge in [0.1, 0.15) is 30.1 Å². The second-order valence-corrected chi connectivity index (χ2v) is 16.6. The molecule has 4 N–H and O–H groups in total. The quantitative estimate of drug-likeness (QED) is 0.118. The van der Waals surface area contributed by atoms with E-state index in [1.807, 2.05) is 0 Å². The van der Waals surface area contributed by atoms with Gasteiger partial charge in [0.25, 0.3) is 11.5 Å². The van der Waals surface area contributed by atoms with E-state index in [9.17, 15) is 41.2 Å². The number of fused-ring (bicyclic) bond motifs is 1. The van der Waals surface area contributed by atoms with E-state index in [4.69, 9.17) is 4.74 Å². The van der Waals surface area contributed by atoms with Crippen LogP contribution in [0.15, 0.2) is 53.3 Å². The number of aromatic amines is 1. The highest BCUT2D eigenvalue weighted by atomic mass is 32.2. The lowest BCUT2D eigenvalue weighted by atomic mass is 9.94. The Morgan fingerprint density at radius 3 is 2.53 bits per heavy atom. The molecule has 4 amide bonds. The van der Waals surface area contributed by atoms with Crippen molar-refractivity contribution in [2.24, 2.45) is 5.92 Å². The van der Waals surface area contributed by atoms with E-state index in [1.165, 1.54) is 23.1 Å². The van der Waals surface area contributed by atoms with Crippen molar-refractivity contribution < 1.29 is 45.9 Å². The molecule has 1 saturated heterocycles. The van der Waals surface area contributed by atoms with Crippen LogP contribution in [-0.4, -0.2) is 96.7 Å². The topological polar surface area (TPSA) is 206 Å². The fourth-order valence-electron chi connectivity index (χ4n) is 6.62. The summed E-state index contributed by atoms with van der Waals surface area (Å²) in [6, 6.07) is 10.7. The van der Waals surface area contributed by atoms with E-state index in [1.54, 1.807) is 37.3 Å². The molecule has 15 nitrogen and oxygen atoms in total. The zero-order valence-corrected chi connectivity index (χ0v) is 32.9. The van der Waals surface area contributed by atoms with Crippen LogP contribution in [0.25, 0.3) is 22.3 Å². The summed E-state index contributed by atoms with van der Waals surface area (Å²) in [6.45, 7) is 0.828. The molecule has 57 heavy (non-hydrogen) atoms. The van der Waals surface area contributed by atoms with Crippen molar-refractivity contribution in [3.8, 4) is 17.0 Å². The van der Waals surface area contributed by atoms with Crippen molar-refractivity contribution in [1.82, 2.24) is 30.2 Å². The standard InChI is InChI=1S/C39H50F2N6O9S/c1-3-4-5-6-7-12-25(2)33(37(51)46-57(53,54)28-18-19-28)45-35(49)31-17-11-20-47(31)32(48)22-42-38(52)56-24-39(40,41)23-55-27-14-10-13-26(21-27)34-36(50)44-30-16-9-8-15-29(30)43-34/h8-10,13-16,21,25,28,31,33H,3-7,11-12,17-20,22-24H2,1-2H3,(H,42,52)(H,44,50)(H,45,49)(H,46,51)/t25-,31-,33?/m0/s1. The van der Waals surface area contributed by atoms with Crippen molar-refractivity contribution in [2.75, 3.05) is 26.3 Å². The molecule has 2 fully saturated rings. The first-order valence-corrected chi connectivity index (χ1v) is 20.9. The Balaban J connectivity index is 1.10. The maximum absolute atomic E-state index is 14.7. The number of nitrogens with one attached hydrogen (secondary N) is 4. The maximum atomic E-state index is 14.7. The number of sulfonamides is 1. The molecule has 0 bridgehead atoms. The van der Waals surface area contributed by atoms with Crippen molar-refractivity contribution in [2.45, 2.75) is 101 Å². The van der Waals surface area contributed by atoms with Gasteiger partial charge in [0.2, 0.25) is 21.8 Å². The minimum absolute atomic E-state index is 0.0212. The largest absolute Gasteiger partial charge is 0.487 e. The van der Waals surface area contributed by atoms with Crippen LogP contribution in [0.5, 0.6) is 5.75 Å². The number of likely N-dealkylation sites (tertiary alicyclic amines) is 1. The Morgan fingerprint density at radius 1 is 1.02 bits per heavy atom. The number of hydrogen-bond acceptors (Lipinski definition) is 10. The Hall–Kier alpha value is -5.13. The molecule has 0 spiro atoms. The molecule has 310 valence electrons. The lowest BCUT2D eigenvalue weighted by molar-refractivity contribution is -0.139. The van der Waals surface area contributed by atoms with Gasteiger partial charge in [-0.3, -0.25) is 23.9 Å². The van der Waals surface area contributed by atoms with Gasteiger partial charge in [-0.05, 0) is 62.3 Å². The highest BCUT2D eigenvalue weighted by Gasteiger charge is 2.41. The number of unbranched alkanes of at least 4 members (excludes halogenated alkanes) is 4. The molecule has 3 aromatic rings. The summed E-state index contributed by atoms with van der Waals surface area (Å²) in [5, 5.41) is 4.19. The molecule has 1 aromatic heterocycles. The number of carbonyl (C=O) groups excluding carboxylic acids is 4. The van der Waals surface area contributed by atoms with Gasteiger partial charge >= 0.3 is 12.0 Å². The molecule has 3 atom stereocenters. The van der Waals surface area contributed by atoms with Crippen molar-refractivity contribution >= 4 is 44.9 Å². The summed E-state index contributed by atoms with van der Waals surface area (Å²) in [5.41, 5.74) is 1.03.